The van der Waals surface area contributed by atoms with Crippen molar-refractivity contribution in [3.05, 3.63) is 72.8 Å². The molecule has 4 aromatic rings. The second-order valence-electron chi connectivity index (χ2n) is 7.06. The Morgan fingerprint density at radius 3 is 2.83 bits per heavy atom. The highest BCUT2D eigenvalue weighted by Gasteiger charge is 2.25. The first-order valence-electron chi connectivity index (χ1n) is 9.54. The number of benzene rings is 1. The molecule has 0 aliphatic carbocycles. The molecule has 1 aliphatic heterocycles. The number of pyridine rings is 1. The van der Waals surface area contributed by atoms with Crippen LogP contribution in [0.15, 0.2) is 71.6 Å². The number of nitrogens with zero attached hydrogens (tertiary/aromatic N) is 4. The molecule has 5 rings (SSSR count). The zero-order valence-corrected chi connectivity index (χ0v) is 15.7. The van der Waals surface area contributed by atoms with Gasteiger partial charge in [-0.1, -0.05) is 12.1 Å². The Bertz CT molecular complexity index is 1140. The third-order valence-electron chi connectivity index (χ3n) is 5.21. The predicted molar refractivity (Wildman–Crippen MR) is 110 cm³/mol. The number of nitrogens with one attached hydrogen (secondary N) is 1. The average Bonchev–Trinajstić information content (AvgIpc) is 3.44. The first-order chi connectivity index (χ1) is 14.3. The molecule has 4 heterocycles. The van der Waals surface area contributed by atoms with E-state index in [1.165, 1.54) is 0 Å². The molecule has 0 spiro atoms. The third-order valence-corrected chi connectivity index (χ3v) is 5.21. The van der Waals surface area contributed by atoms with Crippen molar-refractivity contribution in [3.63, 3.8) is 0 Å². The number of amides is 1. The summed E-state index contributed by atoms with van der Waals surface area (Å²) in [4.78, 5) is 19.3. The zero-order chi connectivity index (χ0) is 19.6. The number of fused-ring (bicyclic) bond motifs is 1. The maximum absolute atomic E-state index is 12.7. The lowest BCUT2D eigenvalue weighted by Crippen LogP contribution is -2.37. The number of carbonyl (C=O) groups excluding carboxylic acids is 1. The van der Waals surface area contributed by atoms with Crippen molar-refractivity contribution in [2.45, 2.75) is 12.5 Å². The van der Waals surface area contributed by atoms with Crippen LogP contribution in [0.3, 0.4) is 0 Å². The minimum atomic E-state index is -0.0722. The van der Waals surface area contributed by atoms with E-state index in [1.54, 1.807) is 18.7 Å². The van der Waals surface area contributed by atoms with Crippen molar-refractivity contribution in [1.82, 2.24) is 20.5 Å². The second kappa shape index (κ2) is 7.35. The van der Waals surface area contributed by atoms with Gasteiger partial charge in [-0.25, -0.2) is 0 Å². The number of furan rings is 1. The standard InChI is InChI=1S/C22H19N5O2/c28-22(25-17-8-12-27(14-17)20-2-1-10-24-26-20)16-5-3-15(4-6-16)21-18-9-13-29-19(18)7-11-23-21/h1-7,9-11,13,17H,8,12,14H2,(H,25,28). The molecule has 7 heteroatoms. The molecule has 1 saturated heterocycles. The van der Waals surface area contributed by atoms with Gasteiger partial charge in [0.05, 0.1) is 12.0 Å². The monoisotopic (exact) mass is 385 g/mol. The first-order valence-corrected chi connectivity index (χ1v) is 9.54. The van der Waals surface area contributed by atoms with Gasteiger partial charge in [0.15, 0.2) is 5.82 Å². The van der Waals surface area contributed by atoms with Crippen molar-refractivity contribution in [1.29, 1.82) is 0 Å². The molecule has 1 atom stereocenters. The van der Waals surface area contributed by atoms with E-state index in [2.05, 4.69) is 25.4 Å². The fourth-order valence-corrected chi connectivity index (χ4v) is 3.72. The van der Waals surface area contributed by atoms with Gasteiger partial charge in [-0.05, 0) is 42.8 Å². The Morgan fingerprint density at radius 1 is 1.10 bits per heavy atom. The van der Waals surface area contributed by atoms with E-state index in [4.69, 9.17) is 4.42 Å². The fourth-order valence-electron chi connectivity index (χ4n) is 3.72. The molecule has 1 aromatic carbocycles. The highest BCUT2D eigenvalue weighted by Crippen LogP contribution is 2.27. The summed E-state index contributed by atoms with van der Waals surface area (Å²) in [6.45, 7) is 1.58. The van der Waals surface area contributed by atoms with Gasteiger partial charge in [0.2, 0.25) is 0 Å². The molecule has 0 saturated carbocycles. The first kappa shape index (κ1) is 17.4. The number of hydrogen-bond donors (Lipinski definition) is 1. The van der Waals surface area contributed by atoms with Crippen molar-refractivity contribution in [3.8, 4) is 11.3 Å². The van der Waals surface area contributed by atoms with E-state index in [0.717, 1.165) is 47.6 Å². The number of rotatable bonds is 4. The Hall–Kier alpha value is -3.74. The summed E-state index contributed by atoms with van der Waals surface area (Å²) in [7, 11) is 0. The molecule has 0 bridgehead atoms. The largest absolute Gasteiger partial charge is 0.464 e. The van der Waals surface area contributed by atoms with E-state index in [9.17, 15) is 4.79 Å². The van der Waals surface area contributed by atoms with E-state index in [0.29, 0.717) is 5.56 Å². The molecule has 1 fully saturated rings. The summed E-state index contributed by atoms with van der Waals surface area (Å²) in [6.07, 6.45) is 5.92. The molecule has 1 aliphatic rings. The van der Waals surface area contributed by atoms with E-state index in [1.807, 2.05) is 48.5 Å². The van der Waals surface area contributed by atoms with Gasteiger partial charge in [0, 0.05) is 48.0 Å². The minimum Gasteiger partial charge on any atom is -0.464 e. The molecule has 1 amide bonds. The molecule has 1 unspecified atom stereocenters. The lowest BCUT2D eigenvalue weighted by molar-refractivity contribution is 0.0940. The SMILES string of the molecule is O=C(NC1CCN(c2cccnn2)C1)c1ccc(-c2nccc3occc23)cc1. The van der Waals surface area contributed by atoms with E-state index >= 15 is 0 Å². The number of hydrogen-bond acceptors (Lipinski definition) is 6. The van der Waals surface area contributed by atoms with Crippen LogP contribution in [0.4, 0.5) is 5.82 Å². The van der Waals surface area contributed by atoms with Crippen molar-refractivity contribution in [2.24, 2.45) is 0 Å². The molecule has 0 radical (unpaired) electrons. The third kappa shape index (κ3) is 3.42. The zero-order valence-electron chi connectivity index (χ0n) is 15.7. The highest BCUT2D eigenvalue weighted by molar-refractivity contribution is 5.96. The van der Waals surface area contributed by atoms with Gasteiger partial charge >= 0.3 is 0 Å². The fraction of sp³-hybridized carbons (Fsp3) is 0.182. The van der Waals surface area contributed by atoms with Gasteiger partial charge in [-0.2, -0.15) is 5.10 Å². The van der Waals surface area contributed by atoms with Crippen molar-refractivity contribution in [2.75, 3.05) is 18.0 Å². The number of aromatic nitrogens is 3. The van der Waals surface area contributed by atoms with Gasteiger partial charge in [-0.3, -0.25) is 9.78 Å². The predicted octanol–water partition coefficient (Wildman–Crippen LogP) is 3.29. The van der Waals surface area contributed by atoms with Crippen LogP contribution in [0, 0.1) is 0 Å². The summed E-state index contributed by atoms with van der Waals surface area (Å²) < 4.78 is 5.44. The smallest absolute Gasteiger partial charge is 0.251 e. The summed E-state index contributed by atoms with van der Waals surface area (Å²) in [5.74, 6) is 0.770. The molecule has 7 nitrogen and oxygen atoms in total. The molecular formula is C22H19N5O2. The normalized spacial score (nSPS) is 16.3. The Labute approximate surface area is 167 Å². The van der Waals surface area contributed by atoms with Crippen LogP contribution in [0.5, 0.6) is 0 Å². The van der Waals surface area contributed by atoms with Crippen LogP contribution in [-0.2, 0) is 0 Å². The average molecular weight is 385 g/mol. The Kier molecular flexibility index (Phi) is 4.40. The Morgan fingerprint density at radius 2 is 2.00 bits per heavy atom. The highest BCUT2D eigenvalue weighted by atomic mass is 16.3. The van der Waals surface area contributed by atoms with Gasteiger partial charge in [-0.15, -0.1) is 5.10 Å². The van der Waals surface area contributed by atoms with Crippen LogP contribution < -0.4 is 10.2 Å². The topological polar surface area (TPSA) is 84.2 Å². The maximum atomic E-state index is 12.7. The van der Waals surface area contributed by atoms with Crippen LogP contribution in [-0.4, -0.2) is 40.2 Å². The van der Waals surface area contributed by atoms with Crippen LogP contribution in [0.25, 0.3) is 22.2 Å². The lowest BCUT2D eigenvalue weighted by Gasteiger charge is -2.17. The lowest BCUT2D eigenvalue weighted by atomic mass is 10.1. The quantitative estimate of drug-likeness (QED) is 0.580. The van der Waals surface area contributed by atoms with E-state index < -0.39 is 0 Å². The summed E-state index contributed by atoms with van der Waals surface area (Å²) >= 11 is 0. The minimum absolute atomic E-state index is 0.0722. The van der Waals surface area contributed by atoms with Gasteiger partial charge in [0.1, 0.15) is 5.58 Å². The number of anilines is 1. The number of carbonyl (C=O) groups is 1. The van der Waals surface area contributed by atoms with Crippen LogP contribution >= 0.6 is 0 Å². The Balaban J connectivity index is 1.27. The molecule has 144 valence electrons. The summed E-state index contributed by atoms with van der Waals surface area (Å²) in [5.41, 5.74) is 3.22. The van der Waals surface area contributed by atoms with E-state index in [-0.39, 0.29) is 11.9 Å². The summed E-state index contributed by atoms with van der Waals surface area (Å²) in [5, 5.41) is 12.1. The molecular weight excluding hydrogens is 366 g/mol. The summed E-state index contributed by atoms with van der Waals surface area (Å²) in [6, 6.07) is 15.1. The second-order valence-corrected chi connectivity index (χ2v) is 7.06. The molecule has 3 aromatic heterocycles. The van der Waals surface area contributed by atoms with Crippen molar-refractivity contribution < 1.29 is 9.21 Å². The maximum Gasteiger partial charge on any atom is 0.251 e. The van der Waals surface area contributed by atoms with Crippen molar-refractivity contribution >= 4 is 22.7 Å². The molecule has 29 heavy (non-hydrogen) atoms. The molecule has 1 N–H and O–H groups in total. The van der Waals surface area contributed by atoms with Gasteiger partial charge < -0.3 is 14.6 Å². The van der Waals surface area contributed by atoms with Crippen LogP contribution in [0.2, 0.25) is 0 Å². The van der Waals surface area contributed by atoms with Crippen LogP contribution in [0.1, 0.15) is 16.8 Å². The van der Waals surface area contributed by atoms with Gasteiger partial charge in [0.25, 0.3) is 5.91 Å².